The summed E-state index contributed by atoms with van der Waals surface area (Å²) in [6.45, 7) is 2.50. The number of sulfonamides is 1. The van der Waals surface area contributed by atoms with Crippen molar-refractivity contribution in [1.82, 2.24) is 14.3 Å². The van der Waals surface area contributed by atoms with E-state index in [1.165, 1.54) is 0 Å². The summed E-state index contributed by atoms with van der Waals surface area (Å²) in [4.78, 5) is 19.8. The summed E-state index contributed by atoms with van der Waals surface area (Å²) in [6, 6.07) is 12.6. The third kappa shape index (κ3) is 6.43. The predicted molar refractivity (Wildman–Crippen MR) is 127 cm³/mol. The fourth-order valence-electron chi connectivity index (χ4n) is 3.80. The molecule has 0 amide bonds. The fourth-order valence-corrected chi connectivity index (χ4v) is 4.36. The van der Waals surface area contributed by atoms with E-state index in [9.17, 15) is 13.2 Å². The van der Waals surface area contributed by atoms with Crippen LogP contribution in [0, 0.1) is 5.92 Å². The number of anilines is 1. The van der Waals surface area contributed by atoms with E-state index in [0.29, 0.717) is 11.3 Å². The van der Waals surface area contributed by atoms with Crippen LogP contribution in [0.15, 0.2) is 54.9 Å². The van der Waals surface area contributed by atoms with Gasteiger partial charge < -0.3 is 4.40 Å². The molecule has 10 heteroatoms. The molecule has 0 spiro atoms. The van der Waals surface area contributed by atoms with Crippen molar-refractivity contribution in [2.24, 2.45) is 5.92 Å². The number of benzene rings is 1. The first kappa shape index (κ1) is 25.1. The van der Waals surface area contributed by atoms with Crippen molar-refractivity contribution in [3.63, 3.8) is 0 Å². The number of carbonyl (C=O) groups is 1. The van der Waals surface area contributed by atoms with E-state index in [4.69, 9.17) is 0 Å². The normalized spacial score (nSPS) is 15.1. The van der Waals surface area contributed by atoms with Crippen LogP contribution in [0.5, 0.6) is 0 Å². The highest BCUT2D eigenvalue weighted by Crippen LogP contribution is 2.24. The van der Waals surface area contributed by atoms with Gasteiger partial charge in [-0.05, 0) is 62.3 Å². The number of ketones is 1. The molecule has 1 fully saturated rings. The van der Waals surface area contributed by atoms with Gasteiger partial charge in [-0.15, -0.1) is 24.8 Å². The quantitative estimate of drug-likeness (QED) is 0.539. The van der Waals surface area contributed by atoms with Crippen LogP contribution in [0.2, 0.25) is 0 Å². The lowest BCUT2D eigenvalue weighted by Crippen LogP contribution is -2.36. The summed E-state index contributed by atoms with van der Waals surface area (Å²) in [5.74, 6) is 0.129. The molecule has 4 rings (SSSR count). The average molecular weight is 485 g/mol. The number of halogens is 2. The third-order valence-electron chi connectivity index (χ3n) is 5.23. The Balaban J connectivity index is 0.00000171. The molecule has 168 valence electrons. The van der Waals surface area contributed by atoms with E-state index < -0.39 is 10.0 Å². The lowest BCUT2D eigenvalue weighted by Gasteiger charge is -2.30. The van der Waals surface area contributed by atoms with Gasteiger partial charge in [0.2, 0.25) is 10.0 Å². The van der Waals surface area contributed by atoms with Crippen LogP contribution in [-0.2, 0) is 16.6 Å². The molecule has 7 nitrogen and oxygen atoms in total. The Kier molecular flexibility index (Phi) is 8.48. The van der Waals surface area contributed by atoms with Crippen LogP contribution in [0.25, 0.3) is 5.65 Å². The smallest absolute Gasteiger partial charge is 0.229 e. The Morgan fingerprint density at radius 2 is 1.77 bits per heavy atom. The molecular formula is C21H26Cl2N4O3S. The lowest BCUT2D eigenvalue weighted by atomic mass is 9.89. The van der Waals surface area contributed by atoms with Crippen LogP contribution in [0.4, 0.5) is 5.69 Å². The van der Waals surface area contributed by atoms with Crippen molar-refractivity contribution >= 4 is 52.0 Å². The van der Waals surface area contributed by atoms with Gasteiger partial charge in [-0.25, -0.2) is 13.4 Å². The molecule has 0 aliphatic carbocycles. The van der Waals surface area contributed by atoms with Gasteiger partial charge in [-0.3, -0.25) is 14.4 Å². The summed E-state index contributed by atoms with van der Waals surface area (Å²) in [5, 5.41) is 0. The van der Waals surface area contributed by atoms with Crippen LogP contribution in [-0.4, -0.2) is 47.8 Å². The molecule has 3 heterocycles. The van der Waals surface area contributed by atoms with Gasteiger partial charge in [0.25, 0.3) is 0 Å². The Morgan fingerprint density at radius 3 is 2.39 bits per heavy atom. The van der Waals surface area contributed by atoms with Crippen molar-refractivity contribution in [3.8, 4) is 0 Å². The van der Waals surface area contributed by atoms with Gasteiger partial charge in [0, 0.05) is 36.1 Å². The van der Waals surface area contributed by atoms with Gasteiger partial charge in [-0.2, -0.15) is 0 Å². The topological polar surface area (TPSA) is 83.8 Å². The van der Waals surface area contributed by atoms with Crippen molar-refractivity contribution in [2.75, 3.05) is 24.1 Å². The van der Waals surface area contributed by atoms with E-state index in [1.807, 2.05) is 28.8 Å². The lowest BCUT2D eigenvalue weighted by molar-refractivity contribution is 0.0834. The molecule has 1 aliphatic heterocycles. The second-order valence-corrected chi connectivity index (χ2v) is 9.31. The van der Waals surface area contributed by atoms with E-state index in [-0.39, 0.29) is 36.5 Å². The molecule has 0 unspecified atom stereocenters. The third-order valence-corrected chi connectivity index (χ3v) is 5.84. The van der Waals surface area contributed by atoms with Gasteiger partial charge in [0.05, 0.1) is 11.9 Å². The first-order chi connectivity index (χ1) is 13.9. The SMILES string of the molecule is CS(=O)(=O)Nc1ccc(C(=O)C2CCN(Cc3cn4ccccc4n3)CC2)cc1.Cl.Cl. The summed E-state index contributed by atoms with van der Waals surface area (Å²) in [6.07, 6.45) is 6.78. The summed E-state index contributed by atoms with van der Waals surface area (Å²) in [7, 11) is -3.32. The minimum Gasteiger partial charge on any atom is -0.307 e. The van der Waals surface area contributed by atoms with Crippen LogP contribution in [0.1, 0.15) is 28.9 Å². The second kappa shape index (κ2) is 10.5. The summed E-state index contributed by atoms with van der Waals surface area (Å²) in [5.41, 5.74) is 3.07. The molecule has 0 atom stereocenters. The average Bonchev–Trinajstić information content (AvgIpc) is 3.10. The van der Waals surface area contributed by atoms with Crippen molar-refractivity contribution in [1.29, 1.82) is 0 Å². The fraction of sp³-hybridized carbons (Fsp3) is 0.333. The molecule has 0 bridgehead atoms. The van der Waals surface area contributed by atoms with Gasteiger partial charge in [0.1, 0.15) is 5.65 Å². The molecule has 1 aliphatic rings. The minimum absolute atomic E-state index is 0. The number of likely N-dealkylation sites (tertiary alicyclic amines) is 1. The second-order valence-electron chi connectivity index (χ2n) is 7.56. The van der Waals surface area contributed by atoms with Crippen LogP contribution in [0.3, 0.4) is 0 Å². The molecule has 0 saturated carbocycles. The maximum atomic E-state index is 12.8. The number of aromatic nitrogens is 2. The van der Waals surface area contributed by atoms with Crippen molar-refractivity contribution in [3.05, 3.63) is 66.1 Å². The molecule has 1 aromatic carbocycles. The molecule has 31 heavy (non-hydrogen) atoms. The van der Waals surface area contributed by atoms with E-state index >= 15 is 0 Å². The maximum Gasteiger partial charge on any atom is 0.229 e. The number of nitrogens with zero attached hydrogens (tertiary/aromatic N) is 3. The standard InChI is InChI=1S/C21H24N4O3S.2ClH/c1-29(27,28)23-18-7-5-16(6-8-18)21(26)17-9-12-24(13-10-17)14-19-15-25-11-3-2-4-20(25)22-19;;/h2-8,11,15,17,23H,9-10,12-14H2,1H3;2*1H. The number of Topliss-reactive ketones (excluding diaryl/α,β-unsaturated/α-hetero) is 1. The number of hydrogen-bond acceptors (Lipinski definition) is 5. The Hall–Kier alpha value is -2.13. The molecule has 2 aromatic heterocycles. The Labute approximate surface area is 194 Å². The molecule has 0 radical (unpaired) electrons. The Bertz CT molecular complexity index is 1090. The van der Waals surface area contributed by atoms with Crippen molar-refractivity contribution in [2.45, 2.75) is 19.4 Å². The van der Waals surface area contributed by atoms with E-state index in [0.717, 1.165) is 50.1 Å². The zero-order chi connectivity index (χ0) is 20.4. The minimum atomic E-state index is -3.32. The van der Waals surface area contributed by atoms with Crippen molar-refractivity contribution < 1.29 is 13.2 Å². The number of fused-ring (bicyclic) bond motifs is 1. The number of piperidine rings is 1. The predicted octanol–water partition coefficient (Wildman–Crippen LogP) is 3.64. The summed E-state index contributed by atoms with van der Waals surface area (Å²) < 4.78 is 27.0. The van der Waals surface area contributed by atoms with Crippen LogP contribution < -0.4 is 4.72 Å². The van der Waals surface area contributed by atoms with Gasteiger partial charge >= 0.3 is 0 Å². The highest BCUT2D eigenvalue weighted by Gasteiger charge is 2.26. The number of carbonyl (C=O) groups excluding carboxylic acids is 1. The molecular weight excluding hydrogens is 459 g/mol. The number of pyridine rings is 1. The zero-order valence-electron chi connectivity index (χ0n) is 17.1. The van der Waals surface area contributed by atoms with Gasteiger partial charge in [0.15, 0.2) is 5.78 Å². The number of imidazole rings is 1. The highest BCUT2D eigenvalue weighted by molar-refractivity contribution is 7.92. The number of rotatable bonds is 6. The number of nitrogens with one attached hydrogen (secondary N) is 1. The van der Waals surface area contributed by atoms with Crippen LogP contribution >= 0.6 is 24.8 Å². The molecule has 1 N–H and O–H groups in total. The zero-order valence-corrected chi connectivity index (χ0v) is 19.5. The summed E-state index contributed by atoms with van der Waals surface area (Å²) >= 11 is 0. The van der Waals surface area contributed by atoms with Gasteiger partial charge in [-0.1, -0.05) is 6.07 Å². The highest BCUT2D eigenvalue weighted by atomic mass is 35.5. The monoisotopic (exact) mass is 484 g/mol. The van der Waals surface area contributed by atoms with E-state index in [2.05, 4.69) is 20.8 Å². The largest absolute Gasteiger partial charge is 0.307 e. The molecule has 3 aromatic rings. The Morgan fingerprint density at radius 1 is 1.10 bits per heavy atom. The number of hydrogen-bond donors (Lipinski definition) is 1. The first-order valence-corrected chi connectivity index (χ1v) is 11.5. The van der Waals surface area contributed by atoms with E-state index in [1.54, 1.807) is 24.3 Å². The first-order valence-electron chi connectivity index (χ1n) is 9.64. The molecule has 1 saturated heterocycles. The maximum absolute atomic E-state index is 12.8.